The van der Waals surface area contributed by atoms with E-state index in [1.54, 1.807) is 0 Å². The van der Waals surface area contributed by atoms with Gasteiger partial charge in [-0.25, -0.2) is 0 Å². The Morgan fingerprint density at radius 3 is 1.35 bits per heavy atom. The Morgan fingerprint density at radius 1 is 0.348 bits per heavy atom. The van der Waals surface area contributed by atoms with Gasteiger partial charge >= 0.3 is 0 Å². The summed E-state index contributed by atoms with van der Waals surface area (Å²) in [4.78, 5) is 0. The molecule has 9 rings (SSSR count). The average molecular weight is 588 g/mol. The fraction of sp³-hybridized carbons (Fsp3) is 0. The van der Waals surface area contributed by atoms with Gasteiger partial charge in [-0.15, -0.1) is 0 Å². The van der Waals surface area contributed by atoms with Crippen LogP contribution >= 0.6 is 0 Å². The van der Waals surface area contributed by atoms with Gasteiger partial charge in [0.25, 0.3) is 0 Å². The summed E-state index contributed by atoms with van der Waals surface area (Å²) in [6, 6.07) is 54.6. The molecule has 7 aromatic carbocycles. The van der Waals surface area contributed by atoms with Gasteiger partial charge in [-0.1, -0.05) is 84.9 Å². The van der Waals surface area contributed by atoms with Crippen LogP contribution in [-0.4, -0.2) is 0 Å². The van der Waals surface area contributed by atoms with E-state index in [-0.39, 0.29) is 0 Å². The van der Waals surface area contributed by atoms with Gasteiger partial charge in [0, 0.05) is 27.1 Å². The molecule has 0 aliphatic carbocycles. The molecule has 0 unspecified atom stereocenters. The standard InChI is InChI=1S/C43H25NO2/c44-26-31-15-14-28(23-37(31)27-8-2-1-3-9-27)32-20-33(29-16-18-42-38(24-29)35-10-4-6-12-40(35)45-42)22-34(21-32)30-17-19-43-39(25-30)36-11-5-7-13-41(36)46-43/h1-25H. The molecule has 0 bridgehead atoms. The first-order chi connectivity index (χ1) is 22.7. The minimum absolute atomic E-state index is 0.654. The maximum atomic E-state index is 9.95. The highest BCUT2D eigenvalue weighted by molar-refractivity contribution is 6.07. The van der Waals surface area contributed by atoms with E-state index in [9.17, 15) is 5.26 Å². The molecule has 0 N–H and O–H groups in total. The van der Waals surface area contributed by atoms with Gasteiger partial charge in [0.1, 0.15) is 22.3 Å². The molecule has 0 spiro atoms. The van der Waals surface area contributed by atoms with Gasteiger partial charge in [-0.3, -0.25) is 0 Å². The molecule has 0 amide bonds. The molecule has 3 heteroatoms. The molecule has 0 fully saturated rings. The molecule has 0 aliphatic rings. The van der Waals surface area contributed by atoms with Crippen molar-refractivity contribution < 1.29 is 8.83 Å². The van der Waals surface area contributed by atoms with E-state index in [4.69, 9.17) is 8.83 Å². The van der Waals surface area contributed by atoms with Gasteiger partial charge in [0.15, 0.2) is 0 Å². The fourth-order valence-corrected chi connectivity index (χ4v) is 6.62. The summed E-state index contributed by atoms with van der Waals surface area (Å²) < 4.78 is 12.3. The van der Waals surface area contributed by atoms with Crippen LogP contribution in [0.15, 0.2) is 160 Å². The number of rotatable bonds is 4. The van der Waals surface area contributed by atoms with Crippen LogP contribution in [0.1, 0.15) is 5.56 Å². The number of nitrogens with zero attached hydrogens (tertiary/aromatic N) is 1. The van der Waals surface area contributed by atoms with E-state index in [0.717, 1.165) is 88.4 Å². The minimum atomic E-state index is 0.654. The molecule has 2 aromatic heterocycles. The van der Waals surface area contributed by atoms with Crippen molar-refractivity contribution in [1.29, 1.82) is 5.26 Å². The quantitative estimate of drug-likeness (QED) is 0.206. The van der Waals surface area contributed by atoms with Crippen LogP contribution in [0, 0.1) is 11.3 Å². The highest BCUT2D eigenvalue weighted by Gasteiger charge is 2.14. The lowest BCUT2D eigenvalue weighted by Gasteiger charge is -2.13. The first kappa shape index (κ1) is 26.1. The van der Waals surface area contributed by atoms with Crippen LogP contribution in [0.25, 0.3) is 88.4 Å². The van der Waals surface area contributed by atoms with Crippen molar-refractivity contribution in [2.24, 2.45) is 0 Å². The number of hydrogen-bond acceptors (Lipinski definition) is 3. The third-order valence-corrected chi connectivity index (χ3v) is 8.91. The van der Waals surface area contributed by atoms with Crippen LogP contribution in [0.2, 0.25) is 0 Å². The van der Waals surface area contributed by atoms with Crippen molar-refractivity contribution in [2.75, 3.05) is 0 Å². The molecular formula is C43H25NO2. The molecule has 46 heavy (non-hydrogen) atoms. The van der Waals surface area contributed by atoms with Crippen molar-refractivity contribution >= 4 is 43.9 Å². The number of nitriles is 1. The smallest absolute Gasteiger partial charge is 0.135 e. The number of para-hydroxylation sites is 2. The van der Waals surface area contributed by atoms with E-state index in [2.05, 4.69) is 91.0 Å². The summed E-state index contributed by atoms with van der Waals surface area (Å²) in [6.45, 7) is 0. The maximum Gasteiger partial charge on any atom is 0.135 e. The van der Waals surface area contributed by atoms with Crippen molar-refractivity contribution in [1.82, 2.24) is 0 Å². The zero-order valence-corrected chi connectivity index (χ0v) is 24.7. The summed E-state index contributed by atoms with van der Waals surface area (Å²) in [5, 5.41) is 14.3. The van der Waals surface area contributed by atoms with Crippen LogP contribution in [0.4, 0.5) is 0 Å². The SMILES string of the molecule is N#Cc1ccc(-c2cc(-c3ccc4oc5ccccc5c4c3)cc(-c3ccc4oc5ccccc5c4c3)c2)cc1-c1ccccc1. The number of fused-ring (bicyclic) bond motifs is 6. The van der Waals surface area contributed by atoms with Crippen LogP contribution in [0.3, 0.4) is 0 Å². The lowest BCUT2D eigenvalue weighted by molar-refractivity contribution is 0.668. The topological polar surface area (TPSA) is 50.1 Å². The lowest BCUT2D eigenvalue weighted by atomic mass is 9.90. The first-order valence-electron chi connectivity index (χ1n) is 15.3. The summed E-state index contributed by atoms with van der Waals surface area (Å²) in [5.41, 5.74) is 12.6. The first-order valence-corrected chi connectivity index (χ1v) is 15.3. The summed E-state index contributed by atoms with van der Waals surface area (Å²) in [6.07, 6.45) is 0. The molecule has 0 radical (unpaired) electrons. The average Bonchev–Trinajstić information content (AvgIpc) is 3.69. The number of hydrogen-bond donors (Lipinski definition) is 0. The zero-order chi connectivity index (χ0) is 30.6. The van der Waals surface area contributed by atoms with Crippen molar-refractivity contribution in [3.8, 4) is 50.6 Å². The van der Waals surface area contributed by atoms with Crippen LogP contribution in [0.5, 0.6) is 0 Å². The van der Waals surface area contributed by atoms with E-state index in [1.807, 2.05) is 66.7 Å². The molecule has 214 valence electrons. The molecule has 0 atom stereocenters. The van der Waals surface area contributed by atoms with Crippen LogP contribution < -0.4 is 0 Å². The lowest BCUT2D eigenvalue weighted by Crippen LogP contribution is -1.89. The largest absolute Gasteiger partial charge is 0.456 e. The Balaban J connectivity index is 1.27. The molecular weight excluding hydrogens is 562 g/mol. The van der Waals surface area contributed by atoms with Gasteiger partial charge in [0.2, 0.25) is 0 Å². The molecule has 9 aromatic rings. The normalized spacial score (nSPS) is 11.5. The maximum absolute atomic E-state index is 9.95. The molecule has 0 saturated heterocycles. The van der Waals surface area contributed by atoms with E-state index in [0.29, 0.717) is 5.56 Å². The van der Waals surface area contributed by atoms with Crippen molar-refractivity contribution in [3.05, 3.63) is 157 Å². The van der Waals surface area contributed by atoms with E-state index < -0.39 is 0 Å². The summed E-state index contributed by atoms with van der Waals surface area (Å²) >= 11 is 0. The van der Waals surface area contributed by atoms with E-state index in [1.165, 1.54) is 0 Å². The molecule has 2 heterocycles. The van der Waals surface area contributed by atoms with Gasteiger partial charge in [-0.05, 0) is 106 Å². The third-order valence-electron chi connectivity index (χ3n) is 8.91. The fourth-order valence-electron chi connectivity index (χ4n) is 6.62. The Morgan fingerprint density at radius 2 is 0.804 bits per heavy atom. The molecule has 0 saturated carbocycles. The van der Waals surface area contributed by atoms with Crippen molar-refractivity contribution in [2.45, 2.75) is 0 Å². The monoisotopic (exact) mass is 587 g/mol. The molecule has 0 aliphatic heterocycles. The van der Waals surface area contributed by atoms with E-state index >= 15 is 0 Å². The van der Waals surface area contributed by atoms with Crippen molar-refractivity contribution in [3.63, 3.8) is 0 Å². The highest BCUT2D eigenvalue weighted by atomic mass is 16.3. The minimum Gasteiger partial charge on any atom is -0.456 e. The predicted octanol–water partition coefficient (Wildman–Crippen LogP) is 12.0. The zero-order valence-electron chi connectivity index (χ0n) is 24.7. The second-order valence-corrected chi connectivity index (χ2v) is 11.7. The van der Waals surface area contributed by atoms with Gasteiger partial charge in [0.05, 0.1) is 11.6 Å². The number of furan rings is 2. The number of benzene rings is 7. The predicted molar refractivity (Wildman–Crippen MR) is 187 cm³/mol. The third kappa shape index (κ3) is 4.28. The highest BCUT2D eigenvalue weighted by Crippen LogP contribution is 2.39. The molecule has 3 nitrogen and oxygen atoms in total. The van der Waals surface area contributed by atoms with Crippen LogP contribution in [-0.2, 0) is 0 Å². The van der Waals surface area contributed by atoms with Gasteiger partial charge < -0.3 is 8.83 Å². The Bertz CT molecular complexity index is 2520. The van der Waals surface area contributed by atoms with Gasteiger partial charge in [-0.2, -0.15) is 5.26 Å². The Kier molecular flexibility index (Phi) is 5.88. The Hall–Kier alpha value is -6.37. The summed E-state index contributed by atoms with van der Waals surface area (Å²) in [7, 11) is 0. The second kappa shape index (κ2) is 10.4. The second-order valence-electron chi connectivity index (χ2n) is 11.7. The summed E-state index contributed by atoms with van der Waals surface area (Å²) in [5.74, 6) is 0. The Labute approximate surface area is 265 Å².